The van der Waals surface area contributed by atoms with Gasteiger partial charge in [0.05, 0.1) is 67.3 Å². The molecular formula is C35H37F3N6O5. The Morgan fingerprint density at radius 2 is 1.65 bits per heavy atom. The molecule has 0 aliphatic carbocycles. The molecule has 1 aliphatic rings. The van der Waals surface area contributed by atoms with Gasteiger partial charge in [0.2, 0.25) is 11.8 Å². The number of hydrogen-bond acceptors (Lipinski definition) is 8. The molecule has 0 saturated carbocycles. The molecular weight excluding hydrogens is 641 g/mol. The van der Waals surface area contributed by atoms with Crippen molar-refractivity contribution in [2.24, 2.45) is 7.05 Å². The van der Waals surface area contributed by atoms with Gasteiger partial charge in [-0.15, -0.1) is 0 Å². The molecule has 258 valence electrons. The highest BCUT2D eigenvalue weighted by Gasteiger charge is 2.36. The summed E-state index contributed by atoms with van der Waals surface area (Å²) in [6.07, 6.45) is -1.30. The number of methoxy groups -OCH3 is 1. The lowest BCUT2D eigenvalue weighted by Crippen LogP contribution is -2.49. The summed E-state index contributed by atoms with van der Waals surface area (Å²) in [7, 11) is 3.10. The predicted octanol–water partition coefficient (Wildman–Crippen LogP) is 5.06. The topological polar surface area (TPSA) is 104 Å². The maximum atomic E-state index is 14.7. The molecule has 4 heterocycles. The molecule has 11 nitrogen and oxygen atoms in total. The van der Waals surface area contributed by atoms with Crippen LogP contribution in [0.2, 0.25) is 0 Å². The first kappa shape index (κ1) is 33.9. The van der Waals surface area contributed by atoms with E-state index < -0.39 is 17.4 Å². The van der Waals surface area contributed by atoms with Gasteiger partial charge in [-0.3, -0.25) is 18.9 Å². The third-order valence-corrected chi connectivity index (χ3v) is 8.72. The number of carbonyl (C=O) groups excluding carboxylic acids is 1. The van der Waals surface area contributed by atoms with Gasteiger partial charge in [0.15, 0.2) is 0 Å². The van der Waals surface area contributed by atoms with Crippen molar-refractivity contribution in [2.75, 3.05) is 64.6 Å². The third-order valence-electron chi connectivity index (χ3n) is 8.72. The van der Waals surface area contributed by atoms with Gasteiger partial charge >= 0.3 is 11.9 Å². The first-order chi connectivity index (χ1) is 23.6. The number of fused-ring (bicyclic) bond motifs is 3. The number of halogens is 3. The fourth-order valence-corrected chi connectivity index (χ4v) is 6.13. The largest absolute Gasteiger partial charge is 0.481 e. The molecule has 6 rings (SSSR count). The van der Waals surface area contributed by atoms with Crippen molar-refractivity contribution in [3.05, 3.63) is 77.0 Å². The molecule has 1 saturated heterocycles. The zero-order chi connectivity index (χ0) is 34.7. The van der Waals surface area contributed by atoms with E-state index in [1.54, 1.807) is 41.4 Å². The highest BCUT2D eigenvalue weighted by molar-refractivity contribution is 6.04. The molecule has 0 radical (unpaired) electrons. The number of pyridine rings is 2. The zero-order valence-electron chi connectivity index (χ0n) is 27.5. The zero-order valence-corrected chi connectivity index (χ0v) is 27.5. The van der Waals surface area contributed by atoms with E-state index in [0.717, 1.165) is 17.2 Å². The number of aryl methyl sites for hydroxylation is 1. The highest BCUT2D eigenvalue weighted by atomic mass is 19.4. The minimum atomic E-state index is -4.70. The number of ether oxygens (including phenoxy) is 3. The van der Waals surface area contributed by atoms with Crippen LogP contribution in [0.15, 0.2) is 65.7 Å². The Kier molecular flexibility index (Phi) is 9.88. The number of rotatable bonds is 11. The molecule has 1 amide bonds. The fraction of sp³-hybridized carbons (Fsp3) is 0.371. The Bertz CT molecular complexity index is 2020. The summed E-state index contributed by atoms with van der Waals surface area (Å²) in [5.41, 5.74) is 1.78. The second-order valence-corrected chi connectivity index (χ2v) is 11.6. The SMILES string of the molecule is CCOCCOCCC(=O)N1CCN(c2ccc(-n3c(=O)n(C)c4cnc5ccc(-c6ccc(OC)nc6)cc5c43)cc2C(F)(F)F)CC1. The van der Waals surface area contributed by atoms with Crippen LogP contribution in [-0.4, -0.2) is 89.6 Å². The summed E-state index contributed by atoms with van der Waals surface area (Å²) < 4.78 is 62.6. The standard InChI is InChI=1S/C35H37F3N6O5/c1-4-48-17-18-49-16-11-32(45)43-14-12-42(13-15-43)29-9-7-25(20-27(29)35(36,37)38)44-33-26-19-23(24-6-10-31(47-3)40-21-24)5-8-28(26)39-22-30(33)41(2)34(44)46/h5-10,19-22H,4,11-18H2,1-3H3. The van der Waals surface area contributed by atoms with Crippen molar-refractivity contribution in [3.8, 4) is 22.7 Å². The Balaban J connectivity index is 1.31. The summed E-state index contributed by atoms with van der Waals surface area (Å²) in [5.74, 6) is 0.352. The molecule has 0 atom stereocenters. The number of hydrogen-bond donors (Lipinski definition) is 0. The normalized spacial score (nSPS) is 13.8. The van der Waals surface area contributed by atoms with Gasteiger partial charge < -0.3 is 24.0 Å². The van der Waals surface area contributed by atoms with E-state index in [1.807, 2.05) is 25.1 Å². The van der Waals surface area contributed by atoms with Gasteiger partial charge in [-0.05, 0) is 48.9 Å². The first-order valence-electron chi connectivity index (χ1n) is 16.0. The summed E-state index contributed by atoms with van der Waals surface area (Å²) in [5, 5.41) is 0.599. The van der Waals surface area contributed by atoms with Crippen molar-refractivity contribution in [1.29, 1.82) is 0 Å². The minimum Gasteiger partial charge on any atom is -0.481 e. The van der Waals surface area contributed by atoms with Crippen molar-refractivity contribution in [1.82, 2.24) is 24.0 Å². The summed E-state index contributed by atoms with van der Waals surface area (Å²) in [4.78, 5) is 38.5. The molecule has 49 heavy (non-hydrogen) atoms. The Morgan fingerprint density at radius 3 is 2.35 bits per heavy atom. The molecule has 2 aromatic carbocycles. The Morgan fingerprint density at radius 1 is 0.898 bits per heavy atom. The molecule has 14 heteroatoms. The van der Waals surface area contributed by atoms with Gasteiger partial charge in [-0.1, -0.05) is 6.07 Å². The monoisotopic (exact) mass is 678 g/mol. The lowest BCUT2D eigenvalue weighted by atomic mass is 10.0. The van der Waals surface area contributed by atoms with Crippen LogP contribution in [0, 0.1) is 0 Å². The number of alkyl halides is 3. The van der Waals surface area contributed by atoms with E-state index in [4.69, 9.17) is 14.2 Å². The molecule has 3 aromatic heterocycles. The van der Waals surface area contributed by atoms with Gasteiger partial charge in [0.1, 0.15) is 0 Å². The Hall–Kier alpha value is -4.95. The van der Waals surface area contributed by atoms with Gasteiger partial charge in [-0.25, -0.2) is 9.78 Å². The number of piperazine rings is 1. The number of aromatic nitrogens is 4. The number of imidazole rings is 1. The van der Waals surface area contributed by atoms with Crippen LogP contribution in [0.3, 0.4) is 0 Å². The van der Waals surface area contributed by atoms with Gasteiger partial charge in [0, 0.05) is 68.7 Å². The van der Waals surface area contributed by atoms with Crippen LogP contribution in [0.1, 0.15) is 18.9 Å². The molecule has 0 unspecified atom stereocenters. The van der Waals surface area contributed by atoms with Crippen molar-refractivity contribution in [2.45, 2.75) is 19.5 Å². The number of anilines is 1. The molecule has 0 bridgehead atoms. The number of nitrogens with zero attached hydrogens (tertiary/aromatic N) is 6. The fourth-order valence-electron chi connectivity index (χ4n) is 6.13. The number of carbonyl (C=O) groups is 1. The van der Waals surface area contributed by atoms with Crippen LogP contribution in [0.4, 0.5) is 18.9 Å². The molecule has 0 spiro atoms. The van der Waals surface area contributed by atoms with E-state index in [9.17, 15) is 22.8 Å². The second-order valence-electron chi connectivity index (χ2n) is 11.6. The van der Waals surface area contributed by atoms with Crippen LogP contribution in [-0.2, 0) is 27.5 Å². The van der Waals surface area contributed by atoms with E-state index in [2.05, 4.69) is 9.97 Å². The number of benzene rings is 2. The van der Waals surface area contributed by atoms with E-state index >= 15 is 0 Å². The molecule has 1 fully saturated rings. The lowest BCUT2D eigenvalue weighted by molar-refractivity contribution is -0.137. The maximum absolute atomic E-state index is 14.7. The third kappa shape index (κ3) is 6.97. The summed E-state index contributed by atoms with van der Waals surface area (Å²) in [6.45, 7) is 4.60. The molecule has 5 aromatic rings. The van der Waals surface area contributed by atoms with E-state index in [0.29, 0.717) is 47.6 Å². The van der Waals surface area contributed by atoms with Crippen LogP contribution < -0.4 is 15.3 Å². The molecule has 0 N–H and O–H groups in total. The summed E-state index contributed by atoms with van der Waals surface area (Å²) in [6, 6.07) is 13.1. The highest BCUT2D eigenvalue weighted by Crippen LogP contribution is 2.39. The second kappa shape index (κ2) is 14.3. The number of amides is 1. The quantitative estimate of drug-likeness (QED) is 0.179. The van der Waals surface area contributed by atoms with Crippen molar-refractivity contribution < 1.29 is 32.2 Å². The van der Waals surface area contributed by atoms with E-state index in [1.165, 1.54) is 28.4 Å². The smallest absolute Gasteiger partial charge is 0.418 e. The summed E-state index contributed by atoms with van der Waals surface area (Å²) >= 11 is 0. The predicted molar refractivity (Wildman–Crippen MR) is 179 cm³/mol. The van der Waals surface area contributed by atoms with E-state index in [-0.39, 0.29) is 56.5 Å². The van der Waals surface area contributed by atoms with Crippen LogP contribution in [0.5, 0.6) is 5.88 Å². The molecule has 1 aliphatic heterocycles. The average molecular weight is 679 g/mol. The lowest BCUT2D eigenvalue weighted by Gasteiger charge is -2.37. The van der Waals surface area contributed by atoms with Crippen LogP contribution in [0.25, 0.3) is 38.8 Å². The maximum Gasteiger partial charge on any atom is 0.418 e. The van der Waals surface area contributed by atoms with Crippen molar-refractivity contribution in [3.63, 3.8) is 0 Å². The van der Waals surface area contributed by atoms with Crippen molar-refractivity contribution >= 4 is 33.5 Å². The van der Waals surface area contributed by atoms with Gasteiger partial charge in [0.25, 0.3) is 0 Å². The van der Waals surface area contributed by atoms with Crippen LogP contribution >= 0.6 is 0 Å². The van der Waals surface area contributed by atoms with Gasteiger partial charge in [-0.2, -0.15) is 13.2 Å². The minimum absolute atomic E-state index is 0.00305. The average Bonchev–Trinajstić information content (AvgIpc) is 3.38. The Labute approximate surface area is 280 Å². The first-order valence-corrected chi connectivity index (χ1v) is 16.0.